The van der Waals surface area contributed by atoms with Gasteiger partial charge in [-0.25, -0.2) is 0 Å². The Labute approximate surface area is 108 Å². The average molecular weight is 248 g/mol. The van der Waals surface area contributed by atoms with Crippen LogP contribution in [0, 0.1) is 13.8 Å². The number of aliphatic hydroxyl groups excluding tert-OH is 1. The topological polar surface area (TPSA) is 52.6 Å². The van der Waals surface area contributed by atoms with Crippen molar-refractivity contribution in [2.45, 2.75) is 26.3 Å². The zero-order chi connectivity index (χ0) is 13.1. The number of nitrogens with one attached hydrogen (secondary N) is 1. The fourth-order valence-corrected chi connectivity index (χ4v) is 2.55. The maximum atomic E-state index is 11.9. The van der Waals surface area contributed by atoms with Gasteiger partial charge in [-0.05, 0) is 43.5 Å². The second-order valence-corrected chi connectivity index (χ2v) is 4.86. The van der Waals surface area contributed by atoms with Crippen LogP contribution in [0.25, 0.3) is 0 Å². The minimum Gasteiger partial charge on any atom is -0.396 e. The highest BCUT2D eigenvalue weighted by Crippen LogP contribution is 2.23. The molecule has 1 atom stereocenters. The Morgan fingerprint density at radius 3 is 2.61 bits per heavy atom. The summed E-state index contributed by atoms with van der Waals surface area (Å²) >= 11 is 0. The van der Waals surface area contributed by atoms with Crippen LogP contribution < -0.4 is 10.2 Å². The van der Waals surface area contributed by atoms with E-state index in [0.717, 1.165) is 12.2 Å². The molecule has 0 spiro atoms. The van der Waals surface area contributed by atoms with Gasteiger partial charge in [0, 0.05) is 25.4 Å². The zero-order valence-corrected chi connectivity index (χ0v) is 10.9. The number of anilines is 1. The van der Waals surface area contributed by atoms with E-state index in [1.54, 1.807) is 0 Å². The van der Waals surface area contributed by atoms with E-state index in [1.165, 1.54) is 11.1 Å². The number of aliphatic hydroxyl groups is 1. The average Bonchev–Trinajstić information content (AvgIpc) is 2.30. The number of rotatable bonds is 3. The molecule has 0 saturated carbocycles. The van der Waals surface area contributed by atoms with E-state index >= 15 is 0 Å². The van der Waals surface area contributed by atoms with Crippen LogP contribution in [0.4, 0.5) is 5.69 Å². The summed E-state index contributed by atoms with van der Waals surface area (Å²) in [6.07, 6.45) is 0.471. The molecule has 1 amide bonds. The minimum atomic E-state index is -0.259. The number of carbonyl (C=O) groups excluding carboxylic acids is 1. The molecule has 0 radical (unpaired) electrons. The first-order chi connectivity index (χ1) is 8.61. The van der Waals surface area contributed by atoms with Gasteiger partial charge >= 0.3 is 0 Å². The number of hydrogen-bond donors (Lipinski definition) is 2. The summed E-state index contributed by atoms with van der Waals surface area (Å²) in [6.45, 7) is 5.59. The van der Waals surface area contributed by atoms with Crippen molar-refractivity contribution < 1.29 is 9.90 Å². The lowest BCUT2D eigenvalue weighted by Crippen LogP contribution is -2.55. The Morgan fingerprint density at radius 1 is 1.33 bits per heavy atom. The second kappa shape index (κ2) is 5.40. The largest absolute Gasteiger partial charge is 0.396 e. The molecule has 1 saturated heterocycles. The molecule has 1 aromatic carbocycles. The standard InChI is InChI=1S/C14H20N2O2/c1-10-7-11(2)9-12(8-10)16-5-4-15-14(18)13(16)3-6-17/h7-9,13,17H,3-6H2,1-2H3,(H,15,18). The highest BCUT2D eigenvalue weighted by Gasteiger charge is 2.29. The highest BCUT2D eigenvalue weighted by molar-refractivity contribution is 5.86. The van der Waals surface area contributed by atoms with E-state index in [9.17, 15) is 4.79 Å². The third-order valence-electron chi connectivity index (χ3n) is 3.27. The van der Waals surface area contributed by atoms with Gasteiger partial charge in [0.15, 0.2) is 0 Å². The number of piperazine rings is 1. The molecule has 1 unspecified atom stereocenters. The fraction of sp³-hybridized carbons (Fsp3) is 0.500. The van der Waals surface area contributed by atoms with Gasteiger partial charge in [0.25, 0.3) is 0 Å². The zero-order valence-electron chi connectivity index (χ0n) is 10.9. The summed E-state index contributed by atoms with van der Waals surface area (Å²) in [5, 5.41) is 12.0. The van der Waals surface area contributed by atoms with Gasteiger partial charge in [0.05, 0.1) is 0 Å². The molecule has 2 N–H and O–H groups in total. The molecule has 1 aliphatic heterocycles. The molecule has 1 aromatic rings. The van der Waals surface area contributed by atoms with Gasteiger partial charge in [-0.1, -0.05) is 6.07 Å². The molecular formula is C14H20N2O2. The van der Waals surface area contributed by atoms with Crippen molar-refractivity contribution in [3.63, 3.8) is 0 Å². The molecule has 0 aliphatic carbocycles. The number of carbonyl (C=O) groups is 1. The lowest BCUT2D eigenvalue weighted by atomic mass is 10.1. The first kappa shape index (κ1) is 12.9. The molecule has 4 heteroatoms. The smallest absolute Gasteiger partial charge is 0.242 e. The first-order valence-electron chi connectivity index (χ1n) is 6.35. The third kappa shape index (κ3) is 2.64. The predicted molar refractivity (Wildman–Crippen MR) is 71.8 cm³/mol. The van der Waals surface area contributed by atoms with Gasteiger partial charge in [-0.15, -0.1) is 0 Å². The highest BCUT2D eigenvalue weighted by atomic mass is 16.3. The molecule has 98 valence electrons. The predicted octanol–water partition coefficient (Wildman–Crippen LogP) is 0.991. The van der Waals surface area contributed by atoms with Crippen molar-refractivity contribution in [2.24, 2.45) is 0 Å². The van der Waals surface area contributed by atoms with Crippen molar-refractivity contribution in [1.82, 2.24) is 5.32 Å². The summed E-state index contributed by atoms with van der Waals surface area (Å²) < 4.78 is 0. The summed E-state index contributed by atoms with van der Waals surface area (Å²) in [6, 6.07) is 6.05. The monoisotopic (exact) mass is 248 g/mol. The fourth-order valence-electron chi connectivity index (χ4n) is 2.55. The van der Waals surface area contributed by atoms with E-state index in [2.05, 4.69) is 42.3 Å². The molecule has 1 aliphatic rings. The van der Waals surface area contributed by atoms with Crippen LogP contribution in [0.5, 0.6) is 0 Å². The van der Waals surface area contributed by atoms with Gasteiger partial charge in [0.2, 0.25) is 5.91 Å². The molecule has 18 heavy (non-hydrogen) atoms. The summed E-state index contributed by atoms with van der Waals surface area (Å²) in [4.78, 5) is 14.0. The normalized spacial score (nSPS) is 19.8. The van der Waals surface area contributed by atoms with Crippen LogP contribution in [0.15, 0.2) is 18.2 Å². The quantitative estimate of drug-likeness (QED) is 0.838. The Kier molecular flexibility index (Phi) is 3.87. The lowest BCUT2D eigenvalue weighted by Gasteiger charge is -2.37. The Hall–Kier alpha value is -1.55. The van der Waals surface area contributed by atoms with Crippen LogP contribution >= 0.6 is 0 Å². The number of nitrogens with zero attached hydrogens (tertiary/aromatic N) is 1. The second-order valence-electron chi connectivity index (χ2n) is 4.86. The van der Waals surface area contributed by atoms with E-state index in [-0.39, 0.29) is 18.6 Å². The van der Waals surface area contributed by atoms with Crippen LogP contribution in [-0.4, -0.2) is 36.8 Å². The minimum absolute atomic E-state index is 0.00876. The molecule has 1 heterocycles. The van der Waals surface area contributed by atoms with E-state index in [1.807, 2.05) is 0 Å². The SMILES string of the molecule is Cc1cc(C)cc(N2CCNC(=O)C2CCO)c1. The number of amides is 1. The maximum absolute atomic E-state index is 11.9. The van der Waals surface area contributed by atoms with E-state index < -0.39 is 0 Å². The number of aryl methyl sites for hydroxylation is 2. The van der Waals surface area contributed by atoms with Crippen molar-refractivity contribution in [3.05, 3.63) is 29.3 Å². The Morgan fingerprint density at radius 2 is 2.00 bits per heavy atom. The summed E-state index contributed by atoms with van der Waals surface area (Å²) in [5.74, 6) is 0.00876. The van der Waals surface area contributed by atoms with Crippen molar-refractivity contribution in [3.8, 4) is 0 Å². The van der Waals surface area contributed by atoms with Gasteiger partial charge < -0.3 is 15.3 Å². The maximum Gasteiger partial charge on any atom is 0.242 e. The molecule has 1 fully saturated rings. The van der Waals surface area contributed by atoms with E-state index in [0.29, 0.717) is 13.0 Å². The van der Waals surface area contributed by atoms with Gasteiger partial charge in [-0.2, -0.15) is 0 Å². The van der Waals surface area contributed by atoms with Crippen LogP contribution in [0.2, 0.25) is 0 Å². The molecule has 0 aromatic heterocycles. The number of benzene rings is 1. The lowest BCUT2D eigenvalue weighted by molar-refractivity contribution is -0.123. The van der Waals surface area contributed by atoms with Crippen LogP contribution in [0.1, 0.15) is 17.5 Å². The Balaban J connectivity index is 2.30. The third-order valence-corrected chi connectivity index (χ3v) is 3.27. The first-order valence-corrected chi connectivity index (χ1v) is 6.35. The van der Waals surface area contributed by atoms with Crippen molar-refractivity contribution >= 4 is 11.6 Å². The van der Waals surface area contributed by atoms with Crippen molar-refractivity contribution in [2.75, 3.05) is 24.6 Å². The van der Waals surface area contributed by atoms with Crippen molar-refractivity contribution in [1.29, 1.82) is 0 Å². The van der Waals surface area contributed by atoms with Crippen LogP contribution in [0.3, 0.4) is 0 Å². The summed E-state index contributed by atoms with van der Waals surface area (Å²) in [7, 11) is 0. The molecule has 2 rings (SSSR count). The summed E-state index contributed by atoms with van der Waals surface area (Å²) in [5.41, 5.74) is 3.46. The molecule has 0 bridgehead atoms. The van der Waals surface area contributed by atoms with Gasteiger partial charge in [0.1, 0.15) is 6.04 Å². The number of hydrogen-bond acceptors (Lipinski definition) is 3. The van der Waals surface area contributed by atoms with Gasteiger partial charge in [-0.3, -0.25) is 4.79 Å². The molecule has 4 nitrogen and oxygen atoms in total. The molecular weight excluding hydrogens is 228 g/mol. The Bertz CT molecular complexity index is 425. The van der Waals surface area contributed by atoms with Crippen LogP contribution in [-0.2, 0) is 4.79 Å². The van der Waals surface area contributed by atoms with E-state index in [4.69, 9.17) is 5.11 Å².